The molecule has 0 bridgehead atoms. The summed E-state index contributed by atoms with van der Waals surface area (Å²) in [6, 6.07) is 1.75. The Balaban J connectivity index is 2.41. The number of hydrogen-bond donors (Lipinski definition) is 1. The Morgan fingerprint density at radius 2 is 2.20 bits per heavy atom. The van der Waals surface area contributed by atoms with Gasteiger partial charge in [0.1, 0.15) is 0 Å². The summed E-state index contributed by atoms with van der Waals surface area (Å²) in [5, 5.41) is 3.96. The molecule has 0 unspecified atom stereocenters. The van der Waals surface area contributed by atoms with Gasteiger partial charge in [-0.15, -0.1) is 11.3 Å². The molecule has 0 spiro atoms. The molecule has 1 rings (SSSR count). The first-order valence-electron chi connectivity index (χ1n) is 4.29. The van der Waals surface area contributed by atoms with Crippen LogP contribution in [0.1, 0.15) is 21.7 Å². The Morgan fingerprint density at radius 1 is 1.53 bits per heavy atom. The average molecular weight is 237 g/mol. The van der Waals surface area contributed by atoms with Crippen molar-refractivity contribution in [1.29, 1.82) is 0 Å². The summed E-state index contributed by atoms with van der Waals surface area (Å²) in [6.07, 6.45) is -5.22. The molecule has 0 aliphatic carbocycles. The van der Waals surface area contributed by atoms with Gasteiger partial charge in [-0.3, -0.25) is 4.79 Å². The average Bonchev–Trinajstić information content (AvgIpc) is 2.48. The maximum absolute atomic E-state index is 11.8. The van der Waals surface area contributed by atoms with Crippen molar-refractivity contribution in [2.45, 2.75) is 19.5 Å². The van der Waals surface area contributed by atoms with Crippen LogP contribution in [0.3, 0.4) is 0 Å². The molecule has 6 heteroatoms. The molecule has 2 nitrogen and oxygen atoms in total. The minimum Gasteiger partial charge on any atom is -0.351 e. The number of halogens is 3. The number of carbonyl (C=O) groups excluding carboxylic acids is 1. The fourth-order valence-electron chi connectivity index (χ4n) is 1.00. The zero-order chi connectivity index (χ0) is 11.5. The minimum absolute atomic E-state index is 0.375. The number of rotatable bonds is 3. The van der Waals surface area contributed by atoms with Crippen LogP contribution in [0.5, 0.6) is 0 Å². The van der Waals surface area contributed by atoms with Gasteiger partial charge in [0.15, 0.2) is 0 Å². The maximum Gasteiger partial charge on any atom is 0.390 e. The van der Waals surface area contributed by atoms with Gasteiger partial charge in [-0.05, 0) is 23.9 Å². The van der Waals surface area contributed by atoms with Gasteiger partial charge in [-0.1, -0.05) is 0 Å². The number of hydrogen-bond acceptors (Lipinski definition) is 2. The largest absolute Gasteiger partial charge is 0.390 e. The first-order chi connectivity index (χ1) is 6.90. The lowest BCUT2D eigenvalue weighted by Crippen LogP contribution is -2.27. The summed E-state index contributed by atoms with van der Waals surface area (Å²) in [5.74, 6) is -0.438. The summed E-state index contributed by atoms with van der Waals surface area (Å²) in [7, 11) is 0. The number of aryl methyl sites for hydroxylation is 1. The van der Waals surface area contributed by atoms with Gasteiger partial charge < -0.3 is 5.32 Å². The molecule has 0 aliphatic rings. The Morgan fingerprint density at radius 3 is 2.67 bits per heavy atom. The van der Waals surface area contributed by atoms with E-state index in [9.17, 15) is 18.0 Å². The summed E-state index contributed by atoms with van der Waals surface area (Å²) in [4.78, 5) is 11.8. The van der Waals surface area contributed by atoms with E-state index in [1.807, 2.05) is 0 Å². The summed E-state index contributed by atoms with van der Waals surface area (Å²) in [5.41, 5.74) is 0.782. The third-order valence-corrected chi connectivity index (χ3v) is 2.78. The second-order valence-electron chi connectivity index (χ2n) is 3.05. The van der Waals surface area contributed by atoms with Crippen LogP contribution in [0.4, 0.5) is 13.2 Å². The molecular formula is C9H10F3NOS. The van der Waals surface area contributed by atoms with Gasteiger partial charge in [-0.2, -0.15) is 13.2 Å². The monoisotopic (exact) mass is 237 g/mol. The fraction of sp³-hybridized carbons (Fsp3) is 0.444. The van der Waals surface area contributed by atoms with Crippen molar-refractivity contribution in [3.05, 3.63) is 21.9 Å². The highest BCUT2D eigenvalue weighted by atomic mass is 32.1. The van der Waals surface area contributed by atoms with Gasteiger partial charge in [0.05, 0.1) is 11.3 Å². The van der Waals surface area contributed by atoms with Gasteiger partial charge in [0.2, 0.25) is 0 Å². The van der Waals surface area contributed by atoms with Crippen LogP contribution in [0.25, 0.3) is 0 Å². The Hall–Kier alpha value is -1.04. The van der Waals surface area contributed by atoms with Crippen LogP contribution in [0.2, 0.25) is 0 Å². The van der Waals surface area contributed by atoms with Crippen LogP contribution in [0.15, 0.2) is 11.4 Å². The smallest absolute Gasteiger partial charge is 0.351 e. The van der Waals surface area contributed by atoms with Crippen molar-refractivity contribution in [2.75, 3.05) is 6.54 Å². The highest BCUT2D eigenvalue weighted by Crippen LogP contribution is 2.19. The molecule has 1 amide bonds. The van der Waals surface area contributed by atoms with Crippen molar-refractivity contribution in [3.63, 3.8) is 0 Å². The van der Waals surface area contributed by atoms with Crippen molar-refractivity contribution in [3.8, 4) is 0 Å². The number of alkyl halides is 3. The van der Waals surface area contributed by atoms with Crippen molar-refractivity contribution in [1.82, 2.24) is 5.32 Å². The first-order valence-corrected chi connectivity index (χ1v) is 5.17. The van der Waals surface area contributed by atoms with Gasteiger partial charge >= 0.3 is 6.18 Å². The first kappa shape index (κ1) is 12.0. The lowest BCUT2D eigenvalue weighted by molar-refractivity contribution is -0.132. The summed E-state index contributed by atoms with van der Waals surface area (Å²) >= 11 is 1.22. The fourth-order valence-corrected chi connectivity index (χ4v) is 1.84. The van der Waals surface area contributed by atoms with Crippen LogP contribution < -0.4 is 5.32 Å². The summed E-state index contributed by atoms with van der Waals surface area (Å²) in [6.45, 7) is 1.37. The molecule has 15 heavy (non-hydrogen) atoms. The summed E-state index contributed by atoms with van der Waals surface area (Å²) < 4.78 is 35.3. The maximum atomic E-state index is 11.8. The van der Waals surface area contributed by atoms with Gasteiger partial charge in [0.25, 0.3) is 5.91 Å². The topological polar surface area (TPSA) is 29.1 Å². The van der Waals surface area contributed by atoms with Crippen LogP contribution >= 0.6 is 11.3 Å². The van der Waals surface area contributed by atoms with E-state index in [2.05, 4.69) is 5.32 Å². The molecule has 0 aliphatic heterocycles. The van der Waals surface area contributed by atoms with Gasteiger partial charge in [-0.25, -0.2) is 0 Å². The quantitative estimate of drug-likeness (QED) is 0.860. The normalized spacial score (nSPS) is 11.5. The van der Waals surface area contributed by atoms with Crippen molar-refractivity contribution < 1.29 is 18.0 Å². The van der Waals surface area contributed by atoms with E-state index in [-0.39, 0.29) is 6.54 Å². The van der Waals surface area contributed by atoms with Gasteiger partial charge in [0, 0.05) is 6.54 Å². The molecule has 0 saturated carbocycles. The van der Waals surface area contributed by atoms with Crippen LogP contribution in [0, 0.1) is 6.92 Å². The van der Waals surface area contributed by atoms with E-state index in [0.717, 1.165) is 5.56 Å². The Bertz CT molecular complexity index is 345. The standard InChI is InChI=1S/C9H10F3NOS/c1-6-2-5-15-7(6)8(14)13-4-3-9(10,11)12/h2,5H,3-4H2,1H3,(H,13,14). The van der Waals surface area contributed by atoms with Crippen LogP contribution in [-0.2, 0) is 0 Å². The van der Waals surface area contributed by atoms with E-state index >= 15 is 0 Å². The van der Waals surface area contributed by atoms with E-state index in [4.69, 9.17) is 0 Å². The molecule has 0 atom stereocenters. The Labute approximate surface area is 89.1 Å². The second kappa shape index (κ2) is 4.65. The molecule has 0 aromatic carbocycles. The number of nitrogens with one attached hydrogen (secondary N) is 1. The molecule has 0 radical (unpaired) electrons. The van der Waals surface area contributed by atoms with Crippen LogP contribution in [-0.4, -0.2) is 18.6 Å². The molecule has 0 fully saturated rings. The van der Waals surface area contributed by atoms with E-state index in [1.165, 1.54) is 11.3 Å². The molecule has 1 N–H and O–H groups in total. The SMILES string of the molecule is Cc1ccsc1C(=O)NCCC(F)(F)F. The minimum atomic E-state index is -4.22. The van der Waals surface area contributed by atoms with Crippen molar-refractivity contribution in [2.24, 2.45) is 0 Å². The Kier molecular flexibility index (Phi) is 3.73. The number of carbonyl (C=O) groups is 1. The molecule has 84 valence electrons. The predicted molar refractivity (Wildman–Crippen MR) is 52.1 cm³/mol. The lowest BCUT2D eigenvalue weighted by Gasteiger charge is -2.07. The van der Waals surface area contributed by atoms with Crippen molar-refractivity contribution >= 4 is 17.2 Å². The lowest BCUT2D eigenvalue weighted by atomic mass is 10.3. The molecule has 1 aromatic heterocycles. The molecular weight excluding hydrogens is 227 g/mol. The highest BCUT2D eigenvalue weighted by Gasteiger charge is 2.26. The number of thiophene rings is 1. The molecule has 1 heterocycles. The highest BCUT2D eigenvalue weighted by molar-refractivity contribution is 7.12. The molecule has 0 saturated heterocycles. The number of amides is 1. The predicted octanol–water partition coefficient (Wildman–Crippen LogP) is 2.74. The zero-order valence-electron chi connectivity index (χ0n) is 8.02. The zero-order valence-corrected chi connectivity index (χ0v) is 8.84. The molecule has 1 aromatic rings. The van der Waals surface area contributed by atoms with E-state index < -0.39 is 18.5 Å². The second-order valence-corrected chi connectivity index (χ2v) is 3.97. The third kappa shape index (κ3) is 3.91. The third-order valence-electron chi connectivity index (χ3n) is 1.76. The van der Waals surface area contributed by atoms with E-state index in [1.54, 1.807) is 18.4 Å². The van der Waals surface area contributed by atoms with E-state index in [0.29, 0.717) is 4.88 Å².